The molecule has 2 aromatic carbocycles. The molecule has 4 atom stereocenters. The van der Waals surface area contributed by atoms with Crippen molar-refractivity contribution in [2.75, 3.05) is 6.54 Å². The molecule has 4 unspecified atom stereocenters. The standard InChI is InChI=1S/C45H65NO3/c1-2-3-7-19-39-33-38(24-25-43(39)47)41-32-36-16-14-20-40(31-36)45(27-12-6-13-28-45)42(44(48)49)21-11-10-18-37(41)17-9-5-4-8-15-34-22-23-35(30-34)26-29-46/h10-11,14,16,20,24-25,30-31,33-34,37,41-42,47H,2-9,12-13,15,17-19,21-23,26-29,32,46H2,1H3,(H,48,49). The highest BCUT2D eigenvalue weighted by atomic mass is 16.4. The average molecular weight is 668 g/mol. The highest BCUT2D eigenvalue weighted by Gasteiger charge is 2.44. The largest absolute Gasteiger partial charge is 0.508 e. The number of rotatable bonds is 15. The minimum atomic E-state index is -0.646. The van der Waals surface area contributed by atoms with Gasteiger partial charge < -0.3 is 15.9 Å². The van der Waals surface area contributed by atoms with Crippen LogP contribution in [0, 0.1) is 17.8 Å². The van der Waals surface area contributed by atoms with Gasteiger partial charge in [-0.25, -0.2) is 0 Å². The first-order chi connectivity index (χ1) is 23.9. The summed E-state index contributed by atoms with van der Waals surface area (Å²) in [5, 5.41) is 21.4. The second-order valence-corrected chi connectivity index (χ2v) is 15.8. The van der Waals surface area contributed by atoms with E-state index in [0.29, 0.717) is 24.0 Å². The van der Waals surface area contributed by atoms with Crippen molar-refractivity contribution >= 4 is 5.97 Å². The number of carbonyl (C=O) groups is 1. The number of aliphatic carboxylic acids is 1. The summed E-state index contributed by atoms with van der Waals surface area (Å²) in [4.78, 5) is 12.9. The van der Waals surface area contributed by atoms with Gasteiger partial charge in [0.1, 0.15) is 5.75 Å². The Hall–Kier alpha value is -2.85. The number of hydrogen-bond acceptors (Lipinski definition) is 3. The molecule has 0 radical (unpaired) electrons. The number of nitrogens with two attached hydrogens (primary N) is 1. The van der Waals surface area contributed by atoms with Crippen molar-refractivity contribution in [3.05, 3.63) is 88.5 Å². The zero-order valence-corrected chi connectivity index (χ0v) is 30.5. The minimum Gasteiger partial charge on any atom is -0.508 e. The lowest BCUT2D eigenvalue weighted by Gasteiger charge is -2.42. The molecule has 0 aromatic heterocycles. The second kappa shape index (κ2) is 18.9. The number of carboxylic acids is 1. The Labute approximate surface area is 297 Å². The number of allylic oxidation sites excluding steroid dienone is 3. The Morgan fingerprint density at radius 2 is 1.69 bits per heavy atom. The quantitative estimate of drug-likeness (QED) is 0.130. The summed E-state index contributed by atoms with van der Waals surface area (Å²) >= 11 is 0. The van der Waals surface area contributed by atoms with Gasteiger partial charge in [-0.15, -0.1) is 0 Å². The number of aryl methyl sites for hydroxylation is 1. The van der Waals surface area contributed by atoms with Gasteiger partial charge in [0.15, 0.2) is 0 Å². The van der Waals surface area contributed by atoms with Crippen LogP contribution in [0.2, 0.25) is 0 Å². The predicted octanol–water partition coefficient (Wildman–Crippen LogP) is 11.3. The normalized spacial score (nSPS) is 23.9. The number of aromatic hydroxyl groups is 1. The lowest BCUT2D eigenvalue weighted by Crippen LogP contribution is -2.41. The van der Waals surface area contributed by atoms with Crippen LogP contribution in [0.25, 0.3) is 0 Å². The Morgan fingerprint density at radius 3 is 2.47 bits per heavy atom. The fourth-order valence-electron chi connectivity index (χ4n) is 9.65. The van der Waals surface area contributed by atoms with Crippen LogP contribution >= 0.6 is 0 Å². The SMILES string of the molecule is CCCCCc1cc(C2Cc3cccc(c3)C3(CCCCC3)C(C(=O)O)CC=CCC2CCCCCCC2C=C(CCN)CC2)ccc1O. The van der Waals surface area contributed by atoms with E-state index in [1.165, 1.54) is 80.9 Å². The zero-order chi connectivity index (χ0) is 34.5. The van der Waals surface area contributed by atoms with E-state index in [4.69, 9.17) is 5.73 Å². The van der Waals surface area contributed by atoms with Gasteiger partial charge in [-0.1, -0.05) is 125 Å². The Bertz CT molecular complexity index is 1390. The van der Waals surface area contributed by atoms with Crippen LogP contribution in [0.3, 0.4) is 0 Å². The van der Waals surface area contributed by atoms with Crippen molar-refractivity contribution in [1.82, 2.24) is 0 Å². The number of phenols is 1. The van der Waals surface area contributed by atoms with E-state index in [1.807, 2.05) is 6.07 Å². The number of phenolic OH excluding ortho intramolecular Hbond substituents is 1. The maximum atomic E-state index is 12.9. The molecule has 1 saturated carbocycles. The molecule has 3 aliphatic carbocycles. The van der Waals surface area contributed by atoms with Crippen LogP contribution in [-0.2, 0) is 23.1 Å². The Morgan fingerprint density at radius 1 is 0.898 bits per heavy atom. The minimum absolute atomic E-state index is 0.302. The van der Waals surface area contributed by atoms with Crippen molar-refractivity contribution < 1.29 is 15.0 Å². The van der Waals surface area contributed by atoms with Gasteiger partial charge in [-0.2, -0.15) is 0 Å². The molecule has 2 aromatic rings. The molecule has 1 spiro atoms. The molecule has 2 bridgehead atoms. The lowest BCUT2D eigenvalue weighted by atomic mass is 9.60. The Balaban J connectivity index is 1.38. The molecule has 0 amide bonds. The first kappa shape index (κ1) is 37.4. The van der Waals surface area contributed by atoms with Crippen LogP contribution in [0.15, 0.2) is 66.3 Å². The van der Waals surface area contributed by atoms with Gasteiger partial charge in [0.2, 0.25) is 0 Å². The first-order valence-electron chi connectivity index (χ1n) is 20.1. The highest BCUT2D eigenvalue weighted by Crippen LogP contribution is 2.48. The van der Waals surface area contributed by atoms with E-state index in [0.717, 1.165) is 82.2 Å². The number of benzene rings is 2. The molecule has 4 heteroatoms. The monoisotopic (exact) mass is 667 g/mol. The smallest absolute Gasteiger partial charge is 0.307 e. The van der Waals surface area contributed by atoms with Crippen molar-refractivity contribution in [3.63, 3.8) is 0 Å². The summed E-state index contributed by atoms with van der Waals surface area (Å²) in [6, 6.07) is 15.5. The number of hydrogen-bond donors (Lipinski definition) is 3. The number of unbranched alkanes of at least 4 members (excludes halogenated alkanes) is 5. The summed E-state index contributed by atoms with van der Waals surface area (Å²) in [5.41, 5.74) is 12.1. The maximum Gasteiger partial charge on any atom is 0.307 e. The predicted molar refractivity (Wildman–Crippen MR) is 204 cm³/mol. The van der Waals surface area contributed by atoms with Gasteiger partial charge in [-0.3, -0.25) is 4.79 Å². The molecule has 0 saturated heterocycles. The van der Waals surface area contributed by atoms with Gasteiger partial charge in [0.05, 0.1) is 5.92 Å². The van der Waals surface area contributed by atoms with Crippen LogP contribution in [0.1, 0.15) is 157 Å². The third-order valence-corrected chi connectivity index (χ3v) is 12.5. The molecular weight excluding hydrogens is 602 g/mol. The molecule has 49 heavy (non-hydrogen) atoms. The Kier molecular flexibility index (Phi) is 14.5. The summed E-state index contributed by atoms with van der Waals surface area (Å²) in [6.07, 6.45) is 30.4. The highest BCUT2D eigenvalue weighted by molar-refractivity contribution is 5.73. The van der Waals surface area contributed by atoms with E-state index in [1.54, 1.807) is 5.57 Å². The summed E-state index contributed by atoms with van der Waals surface area (Å²) in [6.45, 7) is 3.00. The van der Waals surface area contributed by atoms with Crippen molar-refractivity contribution in [3.8, 4) is 5.75 Å². The van der Waals surface area contributed by atoms with Crippen LogP contribution < -0.4 is 5.73 Å². The third kappa shape index (κ3) is 10.1. The second-order valence-electron chi connectivity index (χ2n) is 15.8. The fraction of sp³-hybridized carbons (Fsp3) is 0.622. The fourth-order valence-corrected chi connectivity index (χ4v) is 9.65. The first-order valence-corrected chi connectivity index (χ1v) is 20.1. The zero-order valence-electron chi connectivity index (χ0n) is 30.5. The number of fused-ring (bicyclic) bond motifs is 3. The molecular formula is C45H65NO3. The molecule has 4 N–H and O–H groups in total. The van der Waals surface area contributed by atoms with Gasteiger partial charge in [0, 0.05) is 5.41 Å². The molecule has 0 heterocycles. The van der Waals surface area contributed by atoms with Crippen LogP contribution in [-0.4, -0.2) is 22.7 Å². The number of carboxylic acid groups (broad SMARTS) is 1. The maximum absolute atomic E-state index is 12.9. The van der Waals surface area contributed by atoms with E-state index >= 15 is 0 Å². The topological polar surface area (TPSA) is 83.5 Å². The van der Waals surface area contributed by atoms with Gasteiger partial charge >= 0.3 is 5.97 Å². The van der Waals surface area contributed by atoms with E-state index in [9.17, 15) is 15.0 Å². The van der Waals surface area contributed by atoms with Gasteiger partial charge in [0.25, 0.3) is 0 Å². The molecule has 3 aliphatic rings. The van der Waals surface area contributed by atoms with Crippen LogP contribution in [0.4, 0.5) is 0 Å². The summed E-state index contributed by atoms with van der Waals surface area (Å²) in [7, 11) is 0. The van der Waals surface area contributed by atoms with Crippen molar-refractivity contribution in [2.24, 2.45) is 23.5 Å². The summed E-state index contributed by atoms with van der Waals surface area (Å²) < 4.78 is 0. The van der Waals surface area contributed by atoms with E-state index in [-0.39, 0.29) is 5.41 Å². The summed E-state index contributed by atoms with van der Waals surface area (Å²) in [5.74, 6) is 0.936. The molecule has 5 rings (SSSR count). The van der Waals surface area contributed by atoms with E-state index < -0.39 is 11.9 Å². The van der Waals surface area contributed by atoms with Crippen molar-refractivity contribution in [2.45, 2.75) is 153 Å². The average Bonchev–Trinajstić information content (AvgIpc) is 3.56. The van der Waals surface area contributed by atoms with Gasteiger partial charge in [-0.05, 0) is 130 Å². The van der Waals surface area contributed by atoms with E-state index in [2.05, 4.69) is 61.5 Å². The third-order valence-electron chi connectivity index (χ3n) is 12.5. The van der Waals surface area contributed by atoms with Crippen molar-refractivity contribution in [1.29, 1.82) is 0 Å². The molecule has 268 valence electrons. The van der Waals surface area contributed by atoms with Crippen LogP contribution in [0.5, 0.6) is 5.75 Å². The molecule has 4 nitrogen and oxygen atoms in total. The molecule has 0 aliphatic heterocycles. The lowest BCUT2D eigenvalue weighted by molar-refractivity contribution is -0.145. The molecule has 1 fully saturated rings.